The molecular weight excluding hydrogens is 252 g/mol. The molecule has 1 aliphatic heterocycles. The van der Waals surface area contributed by atoms with Crippen LogP contribution in [0.15, 0.2) is 18.3 Å². The smallest absolute Gasteiger partial charge is 0.152 e. The van der Waals surface area contributed by atoms with Crippen LogP contribution in [0.25, 0.3) is 10.9 Å². The molecule has 1 aromatic heterocycles. The molecule has 5 heteroatoms. The Kier molecular flexibility index (Phi) is 3.44. The van der Waals surface area contributed by atoms with Gasteiger partial charge < -0.3 is 10.2 Å². The Morgan fingerprint density at radius 1 is 1.50 bits per heavy atom. The fourth-order valence-electron chi connectivity index (χ4n) is 2.84. The zero-order valence-corrected chi connectivity index (χ0v) is 12.0. The Labute approximate surface area is 118 Å². The zero-order chi connectivity index (χ0) is 14.1. The van der Waals surface area contributed by atoms with Crippen LogP contribution in [-0.4, -0.2) is 41.7 Å². The number of carbonyl (C=O) groups excluding carboxylic acids is 1. The maximum Gasteiger partial charge on any atom is 0.152 e. The van der Waals surface area contributed by atoms with E-state index in [1.54, 1.807) is 0 Å². The number of piperazine rings is 1. The molecule has 1 unspecified atom stereocenters. The summed E-state index contributed by atoms with van der Waals surface area (Å²) < 4.78 is 1.90. The van der Waals surface area contributed by atoms with Crippen molar-refractivity contribution in [2.45, 2.75) is 26.4 Å². The lowest BCUT2D eigenvalue weighted by Crippen LogP contribution is -2.49. The number of benzene rings is 1. The third kappa shape index (κ3) is 2.18. The van der Waals surface area contributed by atoms with Gasteiger partial charge in [0.25, 0.3) is 0 Å². The minimum absolute atomic E-state index is 0.478. The molecule has 0 radical (unpaired) electrons. The lowest BCUT2D eigenvalue weighted by atomic mass is 10.1. The summed E-state index contributed by atoms with van der Waals surface area (Å²) in [6.07, 6.45) is 2.93. The highest BCUT2D eigenvalue weighted by molar-refractivity contribution is 6.01. The number of aromatic nitrogens is 2. The number of nitrogens with zero attached hydrogens (tertiary/aromatic N) is 3. The quantitative estimate of drug-likeness (QED) is 0.864. The van der Waals surface area contributed by atoms with E-state index in [0.29, 0.717) is 11.6 Å². The standard InChI is InChI=1S/C15H20N4O/c1-3-19-9-13-14(18-7-6-16-11(2)8-18)5-4-12(10-20)15(13)17-19/h4-5,9-11,16H,3,6-8H2,1-2H3. The fourth-order valence-corrected chi connectivity index (χ4v) is 2.84. The highest BCUT2D eigenvalue weighted by Gasteiger charge is 2.19. The van der Waals surface area contributed by atoms with E-state index >= 15 is 0 Å². The molecule has 1 atom stereocenters. The van der Waals surface area contributed by atoms with E-state index in [-0.39, 0.29) is 0 Å². The highest BCUT2D eigenvalue weighted by Crippen LogP contribution is 2.29. The molecule has 1 N–H and O–H groups in total. The number of fused-ring (bicyclic) bond motifs is 1. The molecule has 0 bridgehead atoms. The van der Waals surface area contributed by atoms with E-state index in [2.05, 4.69) is 29.2 Å². The molecule has 0 aliphatic carbocycles. The summed E-state index contributed by atoms with van der Waals surface area (Å²) >= 11 is 0. The molecule has 20 heavy (non-hydrogen) atoms. The second-order valence-corrected chi connectivity index (χ2v) is 5.34. The van der Waals surface area contributed by atoms with Gasteiger partial charge in [-0.2, -0.15) is 5.10 Å². The molecule has 1 fully saturated rings. The number of aldehydes is 1. The molecule has 0 spiro atoms. The average molecular weight is 272 g/mol. The second-order valence-electron chi connectivity index (χ2n) is 5.34. The van der Waals surface area contributed by atoms with Crippen molar-refractivity contribution >= 4 is 22.9 Å². The summed E-state index contributed by atoms with van der Waals surface area (Å²) in [4.78, 5) is 13.6. The largest absolute Gasteiger partial charge is 0.368 e. The van der Waals surface area contributed by atoms with Crippen LogP contribution < -0.4 is 10.2 Å². The van der Waals surface area contributed by atoms with E-state index in [0.717, 1.165) is 43.4 Å². The minimum atomic E-state index is 0.478. The predicted molar refractivity (Wildman–Crippen MR) is 80.5 cm³/mol. The topological polar surface area (TPSA) is 50.2 Å². The Hall–Kier alpha value is -1.88. The summed E-state index contributed by atoms with van der Waals surface area (Å²) in [6.45, 7) is 8.01. The van der Waals surface area contributed by atoms with Crippen molar-refractivity contribution in [3.8, 4) is 0 Å². The number of hydrogen-bond acceptors (Lipinski definition) is 4. The number of carbonyl (C=O) groups is 1. The summed E-state index contributed by atoms with van der Waals surface area (Å²) in [5.74, 6) is 0. The molecule has 1 saturated heterocycles. The lowest BCUT2D eigenvalue weighted by molar-refractivity contribution is 0.112. The fraction of sp³-hybridized carbons (Fsp3) is 0.467. The second kappa shape index (κ2) is 5.25. The maximum atomic E-state index is 11.2. The van der Waals surface area contributed by atoms with Crippen molar-refractivity contribution in [1.82, 2.24) is 15.1 Å². The van der Waals surface area contributed by atoms with Gasteiger partial charge >= 0.3 is 0 Å². The Morgan fingerprint density at radius 3 is 3.05 bits per heavy atom. The van der Waals surface area contributed by atoms with Gasteiger partial charge in [0.2, 0.25) is 0 Å². The monoisotopic (exact) mass is 272 g/mol. The molecule has 1 aromatic carbocycles. The minimum Gasteiger partial charge on any atom is -0.368 e. The van der Waals surface area contributed by atoms with E-state index < -0.39 is 0 Å². The van der Waals surface area contributed by atoms with Crippen molar-refractivity contribution in [2.24, 2.45) is 0 Å². The van der Waals surface area contributed by atoms with Crippen LogP contribution in [0.5, 0.6) is 0 Å². The third-order valence-corrected chi connectivity index (χ3v) is 3.89. The molecule has 3 rings (SSSR count). The summed E-state index contributed by atoms with van der Waals surface area (Å²) in [7, 11) is 0. The molecule has 0 amide bonds. The van der Waals surface area contributed by atoms with Crippen LogP contribution >= 0.6 is 0 Å². The Bertz CT molecular complexity index is 634. The summed E-state index contributed by atoms with van der Waals surface area (Å²) in [5, 5.41) is 9.04. The third-order valence-electron chi connectivity index (χ3n) is 3.89. The predicted octanol–water partition coefficient (Wildman–Crippen LogP) is 1.67. The van der Waals surface area contributed by atoms with Crippen LogP contribution in [0.2, 0.25) is 0 Å². The van der Waals surface area contributed by atoms with Crippen molar-refractivity contribution < 1.29 is 4.79 Å². The zero-order valence-electron chi connectivity index (χ0n) is 12.0. The maximum absolute atomic E-state index is 11.2. The van der Waals surface area contributed by atoms with E-state index in [4.69, 9.17) is 0 Å². The summed E-state index contributed by atoms with van der Waals surface area (Å²) in [6, 6.07) is 4.40. The van der Waals surface area contributed by atoms with E-state index in [1.165, 1.54) is 5.69 Å². The molecule has 2 heterocycles. The highest BCUT2D eigenvalue weighted by atomic mass is 16.1. The number of hydrogen-bond donors (Lipinski definition) is 1. The lowest BCUT2D eigenvalue weighted by Gasteiger charge is -2.34. The van der Waals surface area contributed by atoms with E-state index in [9.17, 15) is 4.79 Å². The van der Waals surface area contributed by atoms with Crippen LogP contribution in [0.4, 0.5) is 5.69 Å². The number of aryl methyl sites for hydroxylation is 1. The van der Waals surface area contributed by atoms with Crippen molar-refractivity contribution in [2.75, 3.05) is 24.5 Å². The van der Waals surface area contributed by atoms with Crippen LogP contribution in [0.1, 0.15) is 24.2 Å². The Morgan fingerprint density at radius 2 is 2.35 bits per heavy atom. The molecule has 0 saturated carbocycles. The normalized spacial score (nSPS) is 19.5. The van der Waals surface area contributed by atoms with Gasteiger partial charge in [0.05, 0.1) is 0 Å². The van der Waals surface area contributed by atoms with E-state index in [1.807, 2.05) is 23.0 Å². The van der Waals surface area contributed by atoms with Crippen molar-refractivity contribution in [3.05, 3.63) is 23.9 Å². The number of anilines is 1. The van der Waals surface area contributed by atoms with Crippen LogP contribution in [-0.2, 0) is 6.54 Å². The van der Waals surface area contributed by atoms with Gasteiger partial charge in [-0.3, -0.25) is 9.48 Å². The van der Waals surface area contributed by atoms with Crippen LogP contribution in [0, 0.1) is 0 Å². The number of rotatable bonds is 3. The first kappa shape index (κ1) is 13.1. The Balaban J connectivity index is 2.10. The first-order valence-electron chi connectivity index (χ1n) is 7.16. The van der Waals surface area contributed by atoms with Gasteiger partial charge in [-0.1, -0.05) is 0 Å². The van der Waals surface area contributed by atoms with Gasteiger partial charge in [0.1, 0.15) is 5.52 Å². The van der Waals surface area contributed by atoms with Gasteiger partial charge in [0.15, 0.2) is 6.29 Å². The average Bonchev–Trinajstić information content (AvgIpc) is 2.90. The molecule has 2 aromatic rings. The summed E-state index contributed by atoms with van der Waals surface area (Å²) in [5.41, 5.74) is 2.66. The van der Waals surface area contributed by atoms with Gasteiger partial charge in [-0.25, -0.2) is 0 Å². The molecular formula is C15H20N4O. The molecule has 1 aliphatic rings. The molecule has 106 valence electrons. The molecule has 5 nitrogen and oxygen atoms in total. The van der Waals surface area contributed by atoms with Crippen molar-refractivity contribution in [3.63, 3.8) is 0 Å². The first-order valence-corrected chi connectivity index (χ1v) is 7.16. The van der Waals surface area contributed by atoms with Crippen molar-refractivity contribution in [1.29, 1.82) is 0 Å². The van der Waals surface area contributed by atoms with Gasteiger partial charge in [-0.05, 0) is 26.0 Å². The first-order chi connectivity index (χ1) is 9.72. The SMILES string of the molecule is CCn1cc2c(N3CCNC(C)C3)ccc(C=O)c2n1. The van der Waals surface area contributed by atoms with Gasteiger partial charge in [-0.15, -0.1) is 0 Å². The van der Waals surface area contributed by atoms with Gasteiger partial charge in [0, 0.05) is 55.1 Å². The number of nitrogens with one attached hydrogen (secondary N) is 1. The van der Waals surface area contributed by atoms with Crippen LogP contribution in [0.3, 0.4) is 0 Å².